The maximum Gasteiger partial charge on any atom is 0.221 e. The van der Waals surface area contributed by atoms with Crippen molar-refractivity contribution in [3.8, 4) is 0 Å². The van der Waals surface area contributed by atoms with E-state index in [1.165, 1.54) is 13.3 Å². The molecule has 1 atom stereocenters. The Morgan fingerprint density at radius 2 is 2.24 bits per heavy atom. The van der Waals surface area contributed by atoms with Crippen molar-refractivity contribution in [2.75, 3.05) is 18.4 Å². The fraction of sp³-hybridized carbons (Fsp3) is 0.500. The molecule has 1 aromatic rings. The smallest absolute Gasteiger partial charge is 0.221 e. The number of carbonyl (C=O) groups excluding carboxylic acids is 2. The molecule has 3 N–H and O–H groups in total. The maximum atomic E-state index is 11.8. The zero-order valence-corrected chi connectivity index (χ0v) is 12.4. The van der Waals surface area contributed by atoms with Gasteiger partial charge in [0, 0.05) is 25.6 Å². The van der Waals surface area contributed by atoms with Crippen LogP contribution in [0.3, 0.4) is 0 Å². The Balaban J connectivity index is 1.73. The number of nitrogens with one attached hydrogen (secondary N) is 3. The van der Waals surface area contributed by atoms with Crippen molar-refractivity contribution >= 4 is 17.5 Å². The van der Waals surface area contributed by atoms with Gasteiger partial charge in [0.25, 0.3) is 0 Å². The second kappa shape index (κ2) is 7.78. The minimum atomic E-state index is -0.0960. The predicted molar refractivity (Wildman–Crippen MR) is 82.8 cm³/mol. The van der Waals surface area contributed by atoms with E-state index in [0.717, 1.165) is 30.8 Å². The van der Waals surface area contributed by atoms with Crippen LogP contribution >= 0.6 is 0 Å². The summed E-state index contributed by atoms with van der Waals surface area (Å²) in [5, 5.41) is 8.98. The highest BCUT2D eigenvalue weighted by Gasteiger charge is 2.15. The van der Waals surface area contributed by atoms with Crippen LogP contribution < -0.4 is 16.0 Å². The third kappa shape index (κ3) is 5.55. The standard InChI is InChI=1S/C16H23N3O2/c1-12(20)19-15-4-2-3-14(9-15)11-18-16(21)6-5-13-7-8-17-10-13/h2-4,9,13,17H,5-8,10-11H2,1H3,(H,18,21)(H,19,20). The molecule has 0 bridgehead atoms. The van der Waals surface area contributed by atoms with E-state index in [2.05, 4.69) is 16.0 Å². The highest BCUT2D eigenvalue weighted by Crippen LogP contribution is 2.14. The molecule has 2 rings (SSSR count). The summed E-state index contributed by atoms with van der Waals surface area (Å²) in [6.45, 7) is 4.08. The fourth-order valence-electron chi connectivity index (χ4n) is 2.55. The molecule has 1 aliphatic heterocycles. The van der Waals surface area contributed by atoms with Gasteiger partial charge in [0.1, 0.15) is 0 Å². The molecule has 0 aromatic heterocycles. The lowest BCUT2D eigenvalue weighted by Gasteiger charge is -2.09. The van der Waals surface area contributed by atoms with Gasteiger partial charge in [0.05, 0.1) is 0 Å². The van der Waals surface area contributed by atoms with Crippen molar-refractivity contribution < 1.29 is 9.59 Å². The van der Waals surface area contributed by atoms with Crippen LogP contribution in [0.4, 0.5) is 5.69 Å². The molecule has 1 heterocycles. The van der Waals surface area contributed by atoms with Crippen LogP contribution in [-0.4, -0.2) is 24.9 Å². The average molecular weight is 289 g/mol. The van der Waals surface area contributed by atoms with Gasteiger partial charge >= 0.3 is 0 Å². The van der Waals surface area contributed by atoms with Gasteiger partial charge in [0.2, 0.25) is 11.8 Å². The number of carbonyl (C=O) groups is 2. The molecular formula is C16H23N3O2. The Kier molecular flexibility index (Phi) is 5.75. The quantitative estimate of drug-likeness (QED) is 0.746. The number of hydrogen-bond donors (Lipinski definition) is 3. The van der Waals surface area contributed by atoms with Gasteiger partial charge in [-0.15, -0.1) is 0 Å². The summed E-state index contributed by atoms with van der Waals surface area (Å²) < 4.78 is 0. The predicted octanol–water partition coefficient (Wildman–Crippen LogP) is 1.65. The monoisotopic (exact) mass is 289 g/mol. The van der Waals surface area contributed by atoms with Gasteiger partial charge < -0.3 is 16.0 Å². The normalized spacial score (nSPS) is 17.5. The van der Waals surface area contributed by atoms with Gasteiger partial charge in [-0.2, -0.15) is 0 Å². The molecule has 0 spiro atoms. The van der Waals surface area contributed by atoms with E-state index in [1.807, 2.05) is 24.3 Å². The molecule has 1 aromatic carbocycles. The van der Waals surface area contributed by atoms with Gasteiger partial charge in [0.15, 0.2) is 0 Å². The van der Waals surface area contributed by atoms with Crippen molar-refractivity contribution in [3.63, 3.8) is 0 Å². The molecule has 5 heteroatoms. The summed E-state index contributed by atoms with van der Waals surface area (Å²) in [5.74, 6) is 0.632. The van der Waals surface area contributed by atoms with Crippen LogP contribution in [0.5, 0.6) is 0 Å². The largest absolute Gasteiger partial charge is 0.352 e. The molecule has 0 aliphatic carbocycles. The zero-order chi connectivity index (χ0) is 15.1. The van der Waals surface area contributed by atoms with Gasteiger partial charge in [-0.1, -0.05) is 12.1 Å². The van der Waals surface area contributed by atoms with Crippen LogP contribution in [0.2, 0.25) is 0 Å². The number of hydrogen-bond acceptors (Lipinski definition) is 3. The highest BCUT2D eigenvalue weighted by molar-refractivity contribution is 5.88. The first-order chi connectivity index (χ1) is 10.1. The minimum absolute atomic E-state index is 0.0897. The van der Waals surface area contributed by atoms with Crippen molar-refractivity contribution in [2.24, 2.45) is 5.92 Å². The number of benzene rings is 1. The topological polar surface area (TPSA) is 70.2 Å². The summed E-state index contributed by atoms with van der Waals surface area (Å²) in [4.78, 5) is 22.9. The van der Waals surface area contributed by atoms with Crippen molar-refractivity contribution in [1.29, 1.82) is 0 Å². The lowest BCUT2D eigenvalue weighted by Crippen LogP contribution is -2.23. The van der Waals surface area contributed by atoms with Crippen LogP contribution in [0.15, 0.2) is 24.3 Å². The first-order valence-corrected chi connectivity index (χ1v) is 7.47. The van der Waals surface area contributed by atoms with Gasteiger partial charge in [-0.25, -0.2) is 0 Å². The van der Waals surface area contributed by atoms with E-state index in [-0.39, 0.29) is 11.8 Å². The minimum Gasteiger partial charge on any atom is -0.352 e. The lowest BCUT2D eigenvalue weighted by atomic mass is 10.0. The summed E-state index contributed by atoms with van der Waals surface area (Å²) in [7, 11) is 0. The van der Waals surface area contributed by atoms with Crippen LogP contribution in [-0.2, 0) is 16.1 Å². The summed E-state index contributed by atoms with van der Waals surface area (Å²) in [6, 6.07) is 7.52. The lowest BCUT2D eigenvalue weighted by molar-refractivity contribution is -0.121. The van der Waals surface area contributed by atoms with Gasteiger partial charge in [-0.05, 0) is 49.5 Å². The van der Waals surface area contributed by atoms with E-state index in [1.54, 1.807) is 0 Å². The molecular weight excluding hydrogens is 266 g/mol. The van der Waals surface area contributed by atoms with Gasteiger partial charge in [-0.3, -0.25) is 9.59 Å². The maximum absolute atomic E-state index is 11.8. The molecule has 5 nitrogen and oxygen atoms in total. The summed E-state index contributed by atoms with van der Waals surface area (Å²) >= 11 is 0. The molecule has 0 radical (unpaired) electrons. The second-order valence-electron chi connectivity index (χ2n) is 5.56. The molecule has 1 fully saturated rings. The molecule has 114 valence electrons. The first kappa shape index (κ1) is 15.5. The van der Waals surface area contributed by atoms with E-state index < -0.39 is 0 Å². The molecule has 1 aliphatic rings. The Bertz CT molecular complexity index is 496. The molecule has 1 unspecified atom stereocenters. The molecule has 0 saturated carbocycles. The third-order valence-electron chi connectivity index (χ3n) is 3.68. The highest BCUT2D eigenvalue weighted by atomic mass is 16.2. The Labute approximate surface area is 125 Å². The number of amides is 2. The average Bonchev–Trinajstić information content (AvgIpc) is 2.96. The van der Waals surface area contributed by atoms with E-state index in [4.69, 9.17) is 0 Å². The molecule has 1 saturated heterocycles. The Hall–Kier alpha value is -1.88. The number of anilines is 1. The Morgan fingerprint density at radius 1 is 1.38 bits per heavy atom. The molecule has 2 amide bonds. The summed E-state index contributed by atoms with van der Waals surface area (Å²) in [6.07, 6.45) is 2.70. The van der Waals surface area contributed by atoms with E-state index in [9.17, 15) is 9.59 Å². The number of rotatable bonds is 6. The SMILES string of the molecule is CC(=O)Nc1cccc(CNC(=O)CCC2CCNC2)c1. The fourth-order valence-corrected chi connectivity index (χ4v) is 2.55. The van der Waals surface area contributed by atoms with Crippen molar-refractivity contribution in [3.05, 3.63) is 29.8 Å². The van der Waals surface area contributed by atoms with Crippen molar-refractivity contribution in [2.45, 2.75) is 32.7 Å². The Morgan fingerprint density at radius 3 is 2.95 bits per heavy atom. The van der Waals surface area contributed by atoms with Crippen LogP contribution in [0, 0.1) is 5.92 Å². The molecule has 21 heavy (non-hydrogen) atoms. The summed E-state index contributed by atoms with van der Waals surface area (Å²) in [5.41, 5.74) is 1.74. The van der Waals surface area contributed by atoms with Crippen LogP contribution in [0.25, 0.3) is 0 Å². The first-order valence-electron chi connectivity index (χ1n) is 7.47. The third-order valence-corrected chi connectivity index (χ3v) is 3.68. The van der Waals surface area contributed by atoms with E-state index >= 15 is 0 Å². The van der Waals surface area contributed by atoms with E-state index in [0.29, 0.717) is 18.9 Å². The second-order valence-corrected chi connectivity index (χ2v) is 5.56. The van der Waals surface area contributed by atoms with Crippen molar-refractivity contribution in [1.82, 2.24) is 10.6 Å². The zero-order valence-electron chi connectivity index (χ0n) is 12.4. The van der Waals surface area contributed by atoms with Crippen LogP contribution in [0.1, 0.15) is 31.7 Å².